The largest absolute Gasteiger partial charge is 0.522 e. The second-order valence-corrected chi connectivity index (χ2v) is 5.30. The molecule has 1 aliphatic heterocycles. The first-order valence-electron chi connectivity index (χ1n) is 7.44. The Kier molecular flexibility index (Phi) is 5.04. The SMILES string of the molecule is O=C(Nc1cc([C@H]2C[CH]CO2)[nH]n1)c1cnn(CCOC(F)(F)F)c1. The van der Waals surface area contributed by atoms with Gasteiger partial charge in [-0.15, -0.1) is 13.2 Å². The van der Waals surface area contributed by atoms with Crippen LogP contribution >= 0.6 is 0 Å². The van der Waals surface area contributed by atoms with Crippen molar-refractivity contribution in [3.63, 3.8) is 0 Å². The lowest BCUT2D eigenvalue weighted by Gasteiger charge is -2.06. The molecule has 1 fully saturated rings. The number of ether oxygens (including phenoxy) is 2. The third-order valence-corrected chi connectivity index (χ3v) is 3.46. The van der Waals surface area contributed by atoms with Gasteiger partial charge in [-0.3, -0.25) is 19.3 Å². The van der Waals surface area contributed by atoms with E-state index < -0.39 is 18.9 Å². The van der Waals surface area contributed by atoms with Crippen LogP contribution in [0.15, 0.2) is 18.5 Å². The summed E-state index contributed by atoms with van der Waals surface area (Å²) in [4.78, 5) is 12.1. The van der Waals surface area contributed by atoms with Crippen molar-refractivity contribution in [1.82, 2.24) is 20.0 Å². The van der Waals surface area contributed by atoms with E-state index in [1.54, 1.807) is 6.07 Å². The number of halogens is 3. The minimum atomic E-state index is -4.69. The Bertz CT molecular complexity index is 721. The fraction of sp³-hybridized carbons (Fsp3) is 0.429. The lowest BCUT2D eigenvalue weighted by molar-refractivity contribution is -0.325. The first kappa shape index (κ1) is 17.4. The van der Waals surface area contributed by atoms with Crippen LogP contribution in [0.4, 0.5) is 19.0 Å². The summed E-state index contributed by atoms with van der Waals surface area (Å²) in [6, 6.07) is 1.67. The Labute approximate surface area is 140 Å². The summed E-state index contributed by atoms with van der Waals surface area (Å²) in [7, 11) is 0. The third kappa shape index (κ3) is 4.79. The highest BCUT2D eigenvalue weighted by molar-refractivity contribution is 6.03. The van der Waals surface area contributed by atoms with Crippen LogP contribution in [0.3, 0.4) is 0 Å². The van der Waals surface area contributed by atoms with Gasteiger partial charge < -0.3 is 10.1 Å². The van der Waals surface area contributed by atoms with Crippen LogP contribution in [0.1, 0.15) is 28.6 Å². The number of hydrogen-bond acceptors (Lipinski definition) is 5. The Hall–Kier alpha value is -2.40. The highest BCUT2D eigenvalue weighted by atomic mass is 19.4. The Balaban J connectivity index is 1.53. The van der Waals surface area contributed by atoms with Gasteiger partial charge in [-0.25, -0.2) is 0 Å². The number of aromatic nitrogens is 4. The lowest BCUT2D eigenvalue weighted by atomic mass is 10.2. The topological polar surface area (TPSA) is 94.1 Å². The van der Waals surface area contributed by atoms with Gasteiger partial charge in [-0.05, 0) is 12.8 Å². The van der Waals surface area contributed by atoms with Crippen molar-refractivity contribution >= 4 is 11.7 Å². The minimum Gasteiger partial charge on any atom is -0.372 e. The van der Waals surface area contributed by atoms with Crippen LogP contribution in [0, 0.1) is 6.42 Å². The molecular formula is C14H15F3N5O3. The molecule has 0 aliphatic carbocycles. The van der Waals surface area contributed by atoms with E-state index in [0.717, 1.165) is 12.1 Å². The van der Waals surface area contributed by atoms with Gasteiger partial charge in [0, 0.05) is 12.3 Å². The molecule has 0 saturated carbocycles. The summed E-state index contributed by atoms with van der Waals surface area (Å²) in [5.41, 5.74) is 0.950. The van der Waals surface area contributed by atoms with E-state index in [4.69, 9.17) is 4.74 Å². The zero-order valence-corrected chi connectivity index (χ0v) is 12.9. The summed E-state index contributed by atoms with van der Waals surface area (Å²) >= 11 is 0. The van der Waals surface area contributed by atoms with Gasteiger partial charge >= 0.3 is 6.36 Å². The van der Waals surface area contributed by atoms with Crippen LogP contribution in [0.5, 0.6) is 0 Å². The molecule has 2 N–H and O–H groups in total. The summed E-state index contributed by atoms with van der Waals surface area (Å²) < 4.78 is 46.0. The van der Waals surface area contributed by atoms with Crippen molar-refractivity contribution in [2.24, 2.45) is 0 Å². The maximum atomic E-state index is 12.1. The number of nitrogens with one attached hydrogen (secondary N) is 2. The normalized spacial score (nSPS) is 17.8. The molecule has 0 unspecified atom stereocenters. The number of alkyl halides is 3. The quantitative estimate of drug-likeness (QED) is 0.824. The predicted molar refractivity (Wildman–Crippen MR) is 78.4 cm³/mol. The Morgan fingerprint density at radius 3 is 3.08 bits per heavy atom. The van der Waals surface area contributed by atoms with Crippen LogP contribution in [-0.2, 0) is 16.0 Å². The van der Waals surface area contributed by atoms with Crippen LogP contribution in [-0.4, -0.2) is 45.5 Å². The number of rotatable bonds is 6. The standard InChI is InChI=1S/C14H15F3N5O3/c15-14(16,17)25-5-3-22-8-9(7-18-22)13(23)19-12-6-10(20-21-12)11-2-1-4-24-11/h1,6-8,11H,2-5H2,(H2,19,20,21,23)/t11-/m1/s1. The molecule has 1 amide bonds. The molecule has 25 heavy (non-hydrogen) atoms. The molecular weight excluding hydrogens is 343 g/mol. The van der Waals surface area contributed by atoms with Crippen molar-refractivity contribution in [2.45, 2.75) is 25.4 Å². The average Bonchev–Trinajstić information content (AvgIpc) is 3.27. The smallest absolute Gasteiger partial charge is 0.372 e. The Morgan fingerprint density at radius 2 is 2.36 bits per heavy atom. The molecule has 2 aromatic heterocycles. The summed E-state index contributed by atoms with van der Waals surface area (Å²) in [6.45, 7) is -0.148. The molecule has 11 heteroatoms. The molecule has 3 heterocycles. The number of hydrogen-bond donors (Lipinski definition) is 2. The van der Waals surface area contributed by atoms with E-state index >= 15 is 0 Å². The number of carbonyl (C=O) groups is 1. The fourth-order valence-corrected chi connectivity index (χ4v) is 2.30. The van der Waals surface area contributed by atoms with Crippen molar-refractivity contribution in [3.8, 4) is 0 Å². The van der Waals surface area contributed by atoms with Crippen LogP contribution < -0.4 is 5.32 Å². The number of aromatic amines is 1. The van der Waals surface area contributed by atoms with Crippen molar-refractivity contribution in [3.05, 3.63) is 36.1 Å². The second kappa shape index (κ2) is 7.23. The molecule has 0 bridgehead atoms. The summed E-state index contributed by atoms with van der Waals surface area (Å²) in [5.74, 6) is -0.149. The highest BCUT2D eigenvalue weighted by Crippen LogP contribution is 2.27. The second-order valence-electron chi connectivity index (χ2n) is 5.30. The third-order valence-electron chi connectivity index (χ3n) is 3.46. The van der Waals surface area contributed by atoms with Crippen LogP contribution in [0.2, 0.25) is 0 Å². The van der Waals surface area contributed by atoms with Gasteiger partial charge in [0.15, 0.2) is 5.82 Å². The molecule has 135 valence electrons. The first-order chi connectivity index (χ1) is 11.9. The minimum absolute atomic E-state index is 0.102. The highest BCUT2D eigenvalue weighted by Gasteiger charge is 2.28. The van der Waals surface area contributed by atoms with Gasteiger partial charge in [0.1, 0.15) is 0 Å². The molecule has 0 aromatic carbocycles. The van der Waals surface area contributed by atoms with E-state index in [1.807, 2.05) is 6.42 Å². The summed E-state index contributed by atoms with van der Waals surface area (Å²) in [6.07, 6.45) is 0.562. The van der Waals surface area contributed by atoms with Gasteiger partial charge in [-0.1, -0.05) is 0 Å². The Morgan fingerprint density at radius 1 is 1.52 bits per heavy atom. The van der Waals surface area contributed by atoms with Gasteiger partial charge in [-0.2, -0.15) is 10.2 Å². The zero-order chi connectivity index (χ0) is 17.9. The zero-order valence-electron chi connectivity index (χ0n) is 12.9. The van der Waals surface area contributed by atoms with Crippen molar-refractivity contribution in [1.29, 1.82) is 0 Å². The van der Waals surface area contributed by atoms with E-state index in [1.165, 1.54) is 17.1 Å². The molecule has 3 rings (SSSR count). The number of nitrogens with zero attached hydrogens (tertiary/aromatic N) is 3. The molecule has 8 nitrogen and oxygen atoms in total. The maximum Gasteiger partial charge on any atom is 0.522 e. The van der Waals surface area contributed by atoms with Crippen molar-refractivity contribution in [2.75, 3.05) is 18.5 Å². The van der Waals surface area contributed by atoms with E-state index in [-0.39, 0.29) is 18.2 Å². The van der Waals surface area contributed by atoms with E-state index in [9.17, 15) is 18.0 Å². The molecule has 1 atom stereocenters. The van der Waals surface area contributed by atoms with E-state index in [0.29, 0.717) is 12.4 Å². The van der Waals surface area contributed by atoms with E-state index in [2.05, 4.69) is 25.3 Å². The molecule has 1 radical (unpaired) electrons. The number of amides is 1. The number of anilines is 1. The van der Waals surface area contributed by atoms with Gasteiger partial charge in [0.25, 0.3) is 5.91 Å². The van der Waals surface area contributed by atoms with Gasteiger partial charge in [0.05, 0.1) is 43.3 Å². The van der Waals surface area contributed by atoms with Crippen molar-refractivity contribution < 1.29 is 27.4 Å². The maximum absolute atomic E-state index is 12.1. The van der Waals surface area contributed by atoms with Crippen LogP contribution in [0.25, 0.3) is 0 Å². The fourth-order valence-electron chi connectivity index (χ4n) is 2.30. The molecule has 0 spiro atoms. The summed E-state index contributed by atoms with van der Waals surface area (Å²) in [5, 5.41) is 13.2. The molecule has 2 aromatic rings. The van der Waals surface area contributed by atoms with Gasteiger partial charge in [0.2, 0.25) is 0 Å². The first-order valence-corrected chi connectivity index (χ1v) is 7.44. The lowest BCUT2D eigenvalue weighted by Crippen LogP contribution is -2.17. The monoisotopic (exact) mass is 358 g/mol. The molecule has 1 saturated heterocycles. The number of carbonyl (C=O) groups excluding carboxylic acids is 1. The predicted octanol–water partition coefficient (Wildman–Crippen LogP) is 2.06. The number of H-pyrrole nitrogens is 1. The molecule has 1 aliphatic rings. The average molecular weight is 358 g/mol.